The Bertz CT molecular complexity index is 650. The van der Waals surface area contributed by atoms with Crippen LogP contribution in [0.4, 0.5) is 0 Å². The fraction of sp³-hybridized carbons (Fsp3) is 0.250. The van der Waals surface area contributed by atoms with Crippen LogP contribution in [-0.2, 0) is 9.59 Å². The summed E-state index contributed by atoms with van der Waals surface area (Å²) < 4.78 is 0. The van der Waals surface area contributed by atoms with Crippen LogP contribution in [-0.4, -0.2) is 24.9 Å². The first kappa shape index (κ1) is 15.0. The summed E-state index contributed by atoms with van der Waals surface area (Å²) in [5.41, 5.74) is 6.11. The van der Waals surface area contributed by atoms with Crippen LogP contribution in [0.3, 0.4) is 0 Å². The van der Waals surface area contributed by atoms with E-state index in [4.69, 9.17) is 5.73 Å². The smallest absolute Gasteiger partial charge is 0.236 e. The first-order chi connectivity index (χ1) is 10.1. The van der Waals surface area contributed by atoms with Gasteiger partial charge in [0.2, 0.25) is 11.8 Å². The van der Waals surface area contributed by atoms with Crippen molar-refractivity contribution in [2.75, 3.05) is 13.1 Å². The Morgan fingerprint density at radius 3 is 2.57 bits per heavy atom. The highest BCUT2D eigenvalue weighted by atomic mass is 16.2. The fourth-order valence-electron chi connectivity index (χ4n) is 2.23. The molecule has 0 radical (unpaired) electrons. The van der Waals surface area contributed by atoms with E-state index in [1.54, 1.807) is 0 Å². The molecule has 5 heteroatoms. The minimum Gasteiger partial charge on any atom is -0.368 e. The molecule has 2 aromatic rings. The monoisotopic (exact) mass is 285 g/mol. The number of hydrogen-bond acceptors (Lipinski definition) is 3. The molecule has 2 amide bonds. The molecule has 0 aliphatic heterocycles. The number of benzene rings is 2. The number of carbonyl (C=O) groups is 2. The van der Waals surface area contributed by atoms with Crippen molar-refractivity contribution in [2.24, 2.45) is 5.73 Å². The molecule has 0 saturated heterocycles. The molecule has 110 valence electrons. The highest BCUT2D eigenvalue weighted by molar-refractivity contribution is 5.86. The number of hydrogen-bond donors (Lipinski definition) is 3. The van der Waals surface area contributed by atoms with Crippen molar-refractivity contribution >= 4 is 22.6 Å². The van der Waals surface area contributed by atoms with E-state index in [1.165, 1.54) is 5.39 Å². The van der Waals surface area contributed by atoms with E-state index < -0.39 is 5.91 Å². The van der Waals surface area contributed by atoms with Gasteiger partial charge < -0.3 is 16.4 Å². The van der Waals surface area contributed by atoms with Crippen molar-refractivity contribution in [2.45, 2.75) is 13.0 Å². The summed E-state index contributed by atoms with van der Waals surface area (Å²) in [5.74, 6) is -0.800. The standard InChI is InChI=1S/C16H19N3O2/c1-11(18-10-16(21)19-9-15(17)20)13-8-4-6-12-5-2-3-7-14(12)13/h2-8,11,18H,9-10H2,1H3,(H2,17,20)(H,19,21)/t11-/m1/s1. The summed E-state index contributed by atoms with van der Waals surface area (Å²) in [4.78, 5) is 22.2. The highest BCUT2D eigenvalue weighted by Gasteiger charge is 2.10. The molecule has 2 rings (SSSR count). The molecule has 4 N–H and O–H groups in total. The predicted molar refractivity (Wildman–Crippen MR) is 82.6 cm³/mol. The molecular weight excluding hydrogens is 266 g/mol. The van der Waals surface area contributed by atoms with E-state index >= 15 is 0 Å². The Balaban J connectivity index is 2.01. The van der Waals surface area contributed by atoms with Crippen molar-refractivity contribution in [3.8, 4) is 0 Å². The van der Waals surface area contributed by atoms with Crippen LogP contribution in [0.15, 0.2) is 42.5 Å². The average molecular weight is 285 g/mol. The average Bonchev–Trinajstić information content (AvgIpc) is 2.50. The second-order valence-corrected chi connectivity index (χ2v) is 4.91. The van der Waals surface area contributed by atoms with Crippen LogP contribution in [0.1, 0.15) is 18.5 Å². The molecule has 0 heterocycles. The van der Waals surface area contributed by atoms with Gasteiger partial charge in [-0.05, 0) is 23.3 Å². The molecule has 0 saturated carbocycles. The molecule has 0 aliphatic carbocycles. The van der Waals surface area contributed by atoms with Gasteiger partial charge in [0, 0.05) is 6.04 Å². The van der Waals surface area contributed by atoms with E-state index in [1.807, 2.05) is 31.2 Å². The molecule has 0 unspecified atom stereocenters. The molecule has 0 aliphatic rings. The third kappa shape index (κ3) is 4.03. The second kappa shape index (κ2) is 6.85. The maximum absolute atomic E-state index is 11.6. The van der Waals surface area contributed by atoms with Crippen LogP contribution in [0.5, 0.6) is 0 Å². The third-order valence-electron chi connectivity index (χ3n) is 3.32. The number of nitrogens with two attached hydrogens (primary N) is 1. The SMILES string of the molecule is C[C@@H](NCC(=O)NCC(N)=O)c1cccc2ccccc12. The van der Waals surface area contributed by atoms with Gasteiger partial charge in [0.1, 0.15) is 0 Å². The van der Waals surface area contributed by atoms with E-state index in [0.717, 1.165) is 10.9 Å². The zero-order valence-corrected chi connectivity index (χ0v) is 11.9. The lowest BCUT2D eigenvalue weighted by Crippen LogP contribution is -2.39. The van der Waals surface area contributed by atoms with Crippen LogP contribution in [0.2, 0.25) is 0 Å². The molecule has 0 bridgehead atoms. The quantitative estimate of drug-likeness (QED) is 0.743. The third-order valence-corrected chi connectivity index (χ3v) is 3.32. The molecule has 0 aromatic heterocycles. The Morgan fingerprint density at radius 1 is 1.10 bits per heavy atom. The van der Waals surface area contributed by atoms with Crippen molar-refractivity contribution in [3.63, 3.8) is 0 Å². The van der Waals surface area contributed by atoms with Crippen molar-refractivity contribution in [1.82, 2.24) is 10.6 Å². The maximum Gasteiger partial charge on any atom is 0.236 e. The Morgan fingerprint density at radius 2 is 1.81 bits per heavy atom. The molecule has 0 spiro atoms. The maximum atomic E-state index is 11.6. The molecule has 21 heavy (non-hydrogen) atoms. The van der Waals surface area contributed by atoms with Crippen LogP contribution >= 0.6 is 0 Å². The summed E-state index contributed by atoms with van der Waals surface area (Å²) in [7, 11) is 0. The summed E-state index contributed by atoms with van der Waals surface area (Å²) in [6, 6.07) is 14.3. The van der Waals surface area contributed by atoms with Crippen molar-refractivity contribution in [1.29, 1.82) is 0 Å². The lowest BCUT2D eigenvalue weighted by molar-refractivity contribution is -0.124. The largest absolute Gasteiger partial charge is 0.368 e. The highest BCUT2D eigenvalue weighted by Crippen LogP contribution is 2.23. The topological polar surface area (TPSA) is 84.2 Å². The zero-order valence-electron chi connectivity index (χ0n) is 11.9. The zero-order chi connectivity index (χ0) is 15.2. The summed E-state index contributed by atoms with van der Waals surface area (Å²) in [6.45, 7) is 2.00. The molecule has 2 aromatic carbocycles. The molecule has 0 fully saturated rings. The van der Waals surface area contributed by atoms with E-state index in [2.05, 4.69) is 28.8 Å². The Hall–Kier alpha value is -2.40. The fourth-order valence-corrected chi connectivity index (χ4v) is 2.23. The molecule has 5 nitrogen and oxygen atoms in total. The predicted octanol–water partition coefficient (Wildman–Crippen LogP) is 1.09. The van der Waals surface area contributed by atoms with E-state index in [-0.39, 0.29) is 25.0 Å². The number of primary amides is 1. The second-order valence-electron chi connectivity index (χ2n) is 4.91. The summed E-state index contributed by atoms with van der Waals surface area (Å²) >= 11 is 0. The normalized spacial score (nSPS) is 12.0. The van der Waals surface area contributed by atoms with E-state index in [9.17, 15) is 9.59 Å². The lowest BCUT2D eigenvalue weighted by Gasteiger charge is -2.16. The van der Waals surface area contributed by atoms with Gasteiger partial charge in [-0.1, -0.05) is 42.5 Å². The number of fused-ring (bicyclic) bond motifs is 1. The first-order valence-corrected chi connectivity index (χ1v) is 6.84. The van der Waals surface area contributed by atoms with Crippen LogP contribution in [0.25, 0.3) is 10.8 Å². The summed E-state index contributed by atoms with van der Waals surface area (Å²) in [5, 5.41) is 7.93. The first-order valence-electron chi connectivity index (χ1n) is 6.84. The van der Waals surface area contributed by atoms with Gasteiger partial charge in [0.05, 0.1) is 13.1 Å². The van der Waals surface area contributed by atoms with Gasteiger partial charge in [-0.25, -0.2) is 0 Å². The van der Waals surface area contributed by atoms with E-state index in [0.29, 0.717) is 0 Å². The minimum atomic E-state index is -0.551. The molecular formula is C16H19N3O2. The number of amides is 2. The molecule has 1 atom stereocenters. The Labute approximate surface area is 123 Å². The summed E-state index contributed by atoms with van der Waals surface area (Å²) in [6.07, 6.45) is 0. The van der Waals surface area contributed by atoms with Gasteiger partial charge in [0.15, 0.2) is 0 Å². The van der Waals surface area contributed by atoms with Crippen molar-refractivity contribution in [3.05, 3.63) is 48.0 Å². The van der Waals surface area contributed by atoms with Crippen LogP contribution in [0, 0.1) is 0 Å². The lowest BCUT2D eigenvalue weighted by atomic mass is 10.00. The van der Waals surface area contributed by atoms with Gasteiger partial charge >= 0.3 is 0 Å². The number of rotatable bonds is 6. The van der Waals surface area contributed by atoms with Gasteiger partial charge in [0.25, 0.3) is 0 Å². The van der Waals surface area contributed by atoms with Gasteiger partial charge in [-0.3, -0.25) is 9.59 Å². The van der Waals surface area contributed by atoms with Crippen LogP contribution < -0.4 is 16.4 Å². The van der Waals surface area contributed by atoms with Crippen molar-refractivity contribution < 1.29 is 9.59 Å². The number of nitrogens with one attached hydrogen (secondary N) is 2. The Kier molecular flexibility index (Phi) is 4.90. The minimum absolute atomic E-state index is 0.0235. The van der Waals surface area contributed by atoms with Gasteiger partial charge in [-0.2, -0.15) is 0 Å². The number of carbonyl (C=O) groups excluding carboxylic acids is 2. The van der Waals surface area contributed by atoms with Gasteiger partial charge in [-0.15, -0.1) is 0 Å².